The lowest BCUT2D eigenvalue weighted by atomic mass is 9.88. The average molecular weight is 327 g/mol. The van der Waals surface area contributed by atoms with E-state index < -0.39 is 0 Å². The Kier molecular flexibility index (Phi) is 5.37. The fraction of sp³-hybridized carbons (Fsp3) is 0.450. The third-order valence-electron chi connectivity index (χ3n) is 4.72. The number of ketones is 1. The van der Waals surface area contributed by atoms with Crippen molar-refractivity contribution in [2.24, 2.45) is 0 Å². The van der Waals surface area contributed by atoms with Crippen molar-refractivity contribution in [3.63, 3.8) is 0 Å². The number of nitrogens with zero attached hydrogens (tertiary/aromatic N) is 1. The third-order valence-corrected chi connectivity index (χ3v) is 4.72. The number of carbonyl (C=O) groups excluding carboxylic acids is 3. The minimum atomic E-state index is -0.348. The summed E-state index contributed by atoms with van der Waals surface area (Å²) in [5.74, 6) is -0.746. The molecule has 1 aliphatic rings. The van der Waals surface area contributed by atoms with Gasteiger partial charge < -0.3 is 0 Å². The van der Waals surface area contributed by atoms with Gasteiger partial charge in [0.15, 0.2) is 5.78 Å². The molecule has 2 rings (SSSR count). The molecule has 0 aromatic heterocycles. The van der Waals surface area contributed by atoms with Crippen LogP contribution in [-0.4, -0.2) is 17.6 Å². The first kappa shape index (κ1) is 18.1. The highest BCUT2D eigenvalue weighted by atomic mass is 16.2. The second kappa shape index (κ2) is 7.12. The molecule has 0 fully saturated rings. The van der Waals surface area contributed by atoms with Gasteiger partial charge in [-0.3, -0.25) is 14.4 Å². The van der Waals surface area contributed by atoms with Gasteiger partial charge in [-0.1, -0.05) is 6.07 Å². The Morgan fingerprint density at radius 1 is 0.833 bits per heavy atom. The first-order valence-corrected chi connectivity index (χ1v) is 8.40. The van der Waals surface area contributed by atoms with E-state index in [2.05, 4.69) is 0 Å². The van der Waals surface area contributed by atoms with Gasteiger partial charge in [-0.05, 0) is 76.1 Å². The molecule has 0 atom stereocenters. The maximum Gasteiger partial charge on any atom is 0.261 e. The molecular formula is C20H25NO3. The number of aryl methyl sites for hydroxylation is 3. The SMILES string of the molecule is CC(=O)C1=C(C(=O)N(C(C)=O)c2cc(C)c(C)cc2C)CCCC1. The highest BCUT2D eigenvalue weighted by molar-refractivity contribution is 6.22. The predicted molar refractivity (Wildman–Crippen MR) is 95.0 cm³/mol. The number of allylic oxidation sites excluding steroid dienone is 1. The molecule has 0 radical (unpaired) electrons. The highest BCUT2D eigenvalue weighted by Gasteiger charge is 2.29. The predicted octanol–water partition coefficient (Wildman–Crippen LogP) is 3.95. The number of anilines is 1. The van der Waals surface area contributed by atoms with Crippen molar-refractivity contribution < 1.29 is 14.4 Å². The molecule has 1 aromatic carbocycles. The van der Waals surface area contributed by atoms with Crippen LogP contribution in [-0.2, 0) is 14.4 Å². The van der Waals surface area contributed by atoms with Gasteiger partial charge in [0.25, 0.3) is 5.91 Å². The number of benzene rings is 1. The van der Waals surface area contributed by atoms with Crippen molar-refractivity contribution in [2.45, 2.75) is 60.3 Å². The Hall–Kier alpha value is -2.23. The van der Waals surface area contributed by atoms with Gasteiger partial charge >= 0.3 is 0 Å². The average Bonchev–Trinajstić information content (AvgIpc) is 2.52. The normalized spacial score (nSPS) is 14.5. The smallest absolute Gasteiger partial charge is 0.261 e. The van der Waals surface area contributed by atoms with Gasteiger partial charge in [0.2, 0.25) is 5.91 Å². The lowest BCUT2D eigenvalue weighted by Crippen LogP contribution is -2.38. The fourth-order valence-electron chi connectivity index (χ4n) is 3.27. The Bertz CT molecular complexity index is 743. The summed E-state index contributed by atoms with van der Waals surface area (Å²) >= 11 is 0. The minimum absolute atomic E-state index is 0.0710. The number of amides is 2. The van der Waals surface area contributed by atoms with Crippen LogP contribution in [0.5, 0.6) is 0 Å². The van der Waals surface area contributed by atoms with E-state index in [1.54, 1.807) is 0 Å². The number of Topliss-reactive ketones (excluding diaryl/α,β-unsaturated/α-hetero) is 1. The Morgan fingerprint density at radius 3 is 1.92 bits per heavy atom. The molecule has 0 bridgehead atoms. The zero-order chi connectivity index (χ0) is 18.0. The Labute approximate surface area is 143 Å². The van der Waals surface area contributed by atoms with Crippen LogP contribution in [0, 0.1) is 20.8 Å². The van der Waals surface area contributed by atoms with Crippen molar-refractivity contribution in [2.75, 3.05) is 4.90 Å². The molecule has 0 heterocycles. The van der Waals surface area contributed by atoms with E-state index >= 15 is 0 Å². The first-order valence-electron chi connectivity index (χ1n) is 8.40. The summed E-state index contributed by atoms with van der Waals surface area (Å²) in [5, 5.41) is 0. The molecule has 4 heteroatoms. The second-order valence-electron chi connectivity index (χ2n) is 6.60. The van der Waals surface area contributed by atoms with E-state index in [0.717, 1.165) is 29.5 Å². The molecule has 128 valence electrons. The highest BCUT2D eigenvalue weighted by Crippen LogP contribution is 2.31. The molecule has 0 aliphatic heterocycles. The number of hydrogen-bond donors (Lipinski definition) is 0. The number of rotatable bonds is 3. The maximum atomic E-state index is 13.1. The van der Waals surface area contributed by atoms with Crippen LogP contribution in [0.2, 0.25) is 0 Å². The molecule has 4 nitrogen and oxygen atoms in total. The minimum Gasteiger partial charge on any atom is -0.295 e. The van der Waals surface area contributed by atoms with Gasteiger partial charge in [-0.15, -0.1) is 0 Å². The standard InChI is InChI=1S/C20H25NO3/c1-12-10-14(3)19(11-13(12)2)21(16(5)23)20(24)18-9-7-6-8-17(18)15(4)22/h10-11H,6-9H2,1-5H3. The number of carbonyl (C=O) groups is 3. The largest absolute Gasteiger partial charge is 0.295 e. The van der Waals surface area contributed by atoms with E-state index in [4.69, 9.17) is 0 Å². The molecule has 0 spiro atoms. The van der Waals surface area contributed by atoms with E-state index in [1.807, 2.05) is 32.9 Å². The Morgan fingerprint density at radius 2 is 1.38 bits per heavy atom. The van der Waals surface area contributed by atoms with Crippen LogP contribution >= 0.6 is 0 Å². The van der Waals surface area contributed by atoms with Gasteiger partial charge in [-0.2, -0.15) is 0 Å². The summed E-state index contributed by atoms with van der Waals surface area (Å²) in [4.78, 5) is 38.5. The summed E-state index contributed by atoms with van der Waals surface area (Å²) in [7, 11) is 0. The van der Waals surface area contributed by atoms with Crippen molar-refractivity contribution in [3.8, 4) is 0 Å². The number of imide groups is 1. The van der Waals surface area contributed by atoms with Crippen LogP contribution in [0.15, 0.2) is 23.3 Å². The van der Waals surface area contributed by atoms with Crippen LogP contribution in [0.1, 0.15) is 56.2 Å². The lowest BCUT2D eigenvalue weighted by molar-refractivity contribution is -0.124. The molecular weight excluding hydrogens is 302 g/mol. The maximum absolute atomic E-state index is 13.1. The van der Waals surface area contributed by atoms with E-state index in [-0.39, 0.29) is 17.6 Å². The van der Waals surface area contributed by atoms with Crippen molar-refractivity contribution in [1.82, 2.24) is 0 Å². The summed E-state index contributed by atoms with van der Waals surface area (Å²) < 4.78 is 0. The Balaban J connectivity index is 2.56. The summed E-state index contributed by atoms with van der Waals surface area (Å²) in [6.07, 6.45) is 2.96. The zero-order valence-corrected chi connectivity index (χ0v) is 15.2. The molecule has 0 saturated heterocycles. The van der Waals surface area contributed by atoms with Crippen molar-refractivity contribution in [1.29, 1.82) is 0 Å². The first-order chi connectivity index (χ1) is 11.2. The quantitative estimate of drug-likeness (QED) is 0.844. The van der Waals surface area contributed by atoms with E-state index in [0.29, 0.717) is 29.7 Å². The molecule has 1 aliphatic carbocycles. The molecule has 0 unspecified atom stereocenters. The fourth-order valence-corrected chi connectivity index (χ4v) is 3.27. The second-order valence-corrected chi connectivity index (χ2v) is 6.60. The summed E-state index contributed by atoms with van der Waals surface area (Å²) in [6.45, 7) is 8.74. The van der Waals surface area contributed by atoms with Crippen molar-refractivity contribution >= 4 is 23.3 Å². The van der Waals surface area contributed by atoms with Crippen LogP contribution < -0.4 is 4.90 Å². The molecule has 1 aromatic rings. The van der Waals surface area contributed by atoms with Crippen LogP contribution in [0.4, 0.5) is 5.69 Å². The molecule has 0 N–H and O–H groups in total. The summed E-state index contributed by atoms with van der Waals surface area (Å²) in [6, 6.07) is 3.86. The van der Waals surface area contributed by atoms with Crippen LogP contribution in [0.25, 0.3) is 0 Å². The lowest BCUT2D eigenvalue weighted by Gasteiger charge is -2.26. The van der Waals surface area contributed by atoms with Crippen LogP contribution in [0.3, 0.4) is 0 Å². The van der Waals surface area contributed by atoms with Gasteiger partial charge in [0, 0.05) is 18.1 Å². The van der Waals surface area contributed by atoms with E-state index in [1.165, 1.54) is 18.7 Å². The molecule has 2 amide bonds. The number of hydrogen-bond acceptors (Lipinski definition) is 3. The van der Waals surface area contributed by atoms with E-state index in [9.17, 15) is 14.4 Å². The third kappa shape index (κ3) is 3.48. The molecule has 0 saturated carbocycles. The summed E-state index contributed by atoms with van der Waals surface area (Å²) in [5.41, 5.74) is 4.71. The van der Waals surface area contributed by atoms with Gasteiger partial charge in [0.05, 0.1) is 5.69 Å². The van der Waals surface area contributed by atoms with Crippen molar-refractivity contribution in [3.05, 3.63) is 40.0 Å². The zero-order valence-electron chi connectivity index (χ0n) is 15.2. The monoisotopic (exact) mass is 327 g/mol. The topological polar surface area (TPSA) is 54.5 Å². The van der Waals surface area contributed by atoms with Gasteiger partial charge in [0.1, 0.15) is 0 Å². The van der Waals surface area contributed by atoms with Gasteiger partial charge in [-0.25, -0.2) is 4.90 Å². The molecule has 24 heavy (non-hydrogen) atoms.